The highest BCUT2D eigenvalue weighted by Crippen LogP contribution is 2.15. The third kappa shape index (κ3) is 5.56. The number of rotatable bonds is 5. The summed E-state index contributed by atoms with van der Waals surface area (Å²) in [6, 6.07) is 12.3. The summed E-state index contributed by atoms with van der Waals surface area (Å²) in [5.74, 6) is -0.500. The van der Waals surface area contributed by atoms with Gasteiger partial charge in [0.1, 0.15) is 0 Å². The second-order valence-electron chi connectivity index (χ2n) is 5.05. The maximum atomic E-state index is 12.1. The Morgan fingerprint density at radius 1 is 1.00 bits per heavy atom. The lowest BCUT2D eigenvalue weighted by Gasteiger charge is -2.06. The molecule has 9 nitrogen and oxygen atoms in total. The van der Waals surface area contributed by atoms with E-state index in [-0.39, 0.29) is 30.0 Å². The number of nitro groups is 1. The van der Waals surface area contributed by atoms with Gasteiger partial charge in [-0.2, -0.15) is 5.10 Å². The van der Waals surface area contributed by atoms with E-state index in [0.717, 1.165) is 5.56 Å². The van der Waals surface area contributed by atoms with Gasteiger partial charge in [-0.25, -0.2) is 0 Å². The Labute approximate surface area is 155 Å². The number of hydrogen-bond donors (Lipinski definition) is 3. The monoisotopic (exact) mass is 376 g/mol. The van der Waals surface area contributed by atoms with Crippen molar-refractivity contribution < 1.29 is 9.72 Å². The molecule has 0 saturated carbocycles. The molecule has 0 aliphatic carbocycles. The lowest BCUT2D eigenvalue weighted by Crippen LogP contribution is -2.22. The molecule has 0 aliphatic rings. The first kappa shape index (κ1) is 20.6. The number of amides is 1. The molecule has 0 unspecified atom stereocenters. The Morgan fingerprint density at radius 2 is 1.54 bits per heavy atom. The van der Waals surface area contributed by atoms with E-state index < -0.39 is 4.92 Å². The second-order valence-corrected chi connectivity index (χ2v) is 5.05. The molecule has 0 atom stereocenters. The van der Waals surface area contributed by atoms with Crippen LogP contribution in [0, 0.1) is 10.1 Å². The standard InChI is InChI=1S/C16H16N6O3.ClH/c1-10(20-21-16(17)18)11-2-6-13(7-3-11)19-15(23)12-4-8-14(9-5-12)22(24)25;/h2-9H,1H3,(H,19,23)(H4,17,18,21);1H. The Morgan fingerprint density at radius 3 is 2.04 bits per heavy atom. The second kappa shape index (κ2) is 9.14. The van der Waals surface area contributed by atoms with Gasteiger partial charge in [0.05, 0.1) is 10.6 Å². The van der Waals surface area contributed by atoms with Crippen LogP contribution in [-0.2, 0) is 0 Å². The van der Waals surface area contributed by atoms with Crippen molar-refractivity contribution in [1.82, 2.24) is 0 Å². The molecule has 5 N–H and O–H groups in total. The summed E-state index contributed by atoms with van der Waals surface area (Å²) in [7, 11) is 0. The van der Waals surface area contributed by atoms with Crippen LogP contribution in [0.3, 0.4) is 0 Å². The van der Waals surface area contributed by atoms with Gasteiger partial charge >= 0.3 is 0 Å². The van der Waals surface area contributed by atoms with Gasteiger partial charge in [-0.15, -0.1) is 17.5 Å². The van der Waals surface area contributed by atoms with Crippen LogP contribution in [0.2, 0.25) is 0 Å². The first-order valence-electron chi connectivity index (χ1n) is 7.16. The molecule has 0 aromatic heterocycles. The highest BCUT2D eigenvalue weighted by atomic mass is 35.5. The van der Waals surface area contributed by atoms with Crippen LogP contribution in [0.25, 0.3) is 0 Å². The summed E-state index contributed by atoms with van der Waals surface area (Å²) in [5, 5.41) is 20.8. The minimum Gasteiger partial charge on any atom is -0.369 e. The number of carbonyl (C=O) groups is 1. The number of nitrogens with two attached hydrogens (primary N) is 2. The normalized spacial score (nSPS) is 10.4. The highest BCUT2D eigenvalue weighted by Gasteiger charge is 2.09. The summed E-state index contributed by atoms with van der Waals surface area (Å²) in [4.78, 5) is 22.2. The fourth-order valence-electron chi connectivity index (χ4n) is 1.92. The molecule has 1 amide bonds. The Kier molecular flexibility index (Phi) is 7.23. The number of halogens is 1. The first-order valence-corrected chi connectivity index (χ1v) is 7.16. The van der Waals surface area contributed by atoms with Crippen molar-refractivity contribution in [2.24, 2.45) is 21.7 Å². The topological polar surface area (TPSA) is 149 Å². The van der Waals surface area contributed by atoms with E-state index >= 15 is 0 Å². The van der Waals surface area contributed by atoms with Crippen LogP contribution >= 0.6 is 12.4 Å². The van der Waals surface area contributed by atoms with Crippen LogP contribution in [0.1, 0.15) is 22.8 Å². The molecule has 0 saturated heterocycles. The molecule has 2 aromatic carbocycles. The van der Waals surface area contributed by atoms with E-state index in [1.807, 2.05) is 0 Å². The van der Waals surface area contributed by atoms with Gasteiger partial charge in [0.25, 0.3) is 11.6 Å². The molecular formula is C16H17ClN6O3. The third-order valence-electron chi connectivity index (χ3n) is 3.22. The predicted molar refractivity (Wildman–Crippen MR) is 103 cm³/mol. The molecule has 2 aromatic rings. The summed E-state index contributed by atoms with van der Waals surface area (Å²) >= 11 is 0. The Hall–Kier alpha value is -3.46. The Balaban J connectivity index is 0.00000338. The molecule has 0 aliphatic heterocycles. The predicted octanol–water partition coefficient (Wildman–Crippen LogP) is 2.27. The fraction of sp³-hybridized carbons (Fsp3) is 0.0625. The number of nitrogens with zero attached hydrogens (tertiary/aromatic N) is 3. The maximum absolute atomic E-state index is 12.1. The number of non-ortho nitro benzene ring substituents is 1. The summed E-state index contributed by atoms with van der Waals surface area (Å²) < 4.78 is 0. The summed E-state index contributed by atoms with van der Waals surface area (Å²) in [6.45, 7) is 1.75. The van der Waals surface area contributed by atoms with Crippen LogP contribution in [0.5, 0.6) is 0 Å². The number of benzene rings is 2. The van der Waals surface area contributed by atoms with Crippen molar-refractivity contribution in [1.29, 1.82) is 0 Å². The third-order valence-corrected chi connectivity index (χ3v) is 3.22. The van der Waals surface area contributed by atoms with Crippen LogP contribution in [0.15, 0.2) is 58.7 Å². The van der Waals surface area contributed by atoms with E-state index in [0.29, 0.717) is 17.0 Å². The number of hydrogen-bond acceptors (Lipinski definition) is 5. The molecule has 0 fully saturated rings. The summed E-state index contributed by atoms with van der Waals surface area (Å²) in [5.41, 5.74) is 12.7. The van der Waals surface area contributed by atoms with Gasteiger partial charge in [-0.3, -0.25) is 14.9 Å². The smallest absolute Gasteiger partial charge is 0.269 e. The SMILES string of the molecule is CC(=NN=C(N)N)c1ccc(NC(=O)c2ccc([N+](=O)[O-])cc2)cc1.Cl. The van der Waals surface area contributed by atoms with Gasteiger partial charge in [0, 0.05) is 23.4 Å². The molecule has 0 radical (unpaired) electrons. The number of nitro benzene ring substituents is 1. The lowest BCUT2D eigenvalue weighted by atomic mass is 10.1. The Bertz CT molecular complexity index is 843. The quantitative estimate of drug-likeness (QED) is 0.316. The van der Waals surface area contributed by atoms with Gasteiger partial charge < -0.3 is 16.8 Å². The van der Waals surface area contributed by atoms with Crippen molar-refractivity contribution >= 4 is 41.4 Å². The molecule has 0 heterocycles. The fourth-order valence-corrected chi connectivity index (χ4v) is 1.92. The van der Waals surface area contributed by atoms with Crippen LogP contribution in [-0.4, -0.2) is 22.5 Å². The van der Waals surface area contributed by atoms with Crippen LogP contribution in [0.4, 0.5) is 11.4 Å². The number of anilines is 1. The van der Waals surface area contributed by atoms with Gasteiger partial charge in [-0.05, 0) is 36.8 Å². The van der Waals surface area contributed by atoms with Crippen molar-refractivity contribution in [2.45, 2.75) is 6.92 Å². The van der Waals surface area contributed by atoms with Crippen molar-refractivity contribution in [2.75, 3.05) is 5.32 Å². The molecule has 10 heteroatoms. The van der Waals surface area contributed by atoms with Gasteiger partial charge in [0.15, 0.2) is 0 Å². The average molecular weight is 377 g/mol. The molecule has 0 bridgehead atoms. The minimum absolute atomic E-state index is 0. The van der Waals surface area contributed by atoms with Crippen molar-refractivity contribution in [3.8, 4) is 0 Å². The zero-order valence-electron chi connectivity index (χ0n) is 13.7. The largest absolute Gasteiger partial charge is 0.369 e. The van der Waals surface area contributed by atoms with E-state index in [9.17, 15) is 14.9 Å². The maximum Gasteiger partial charge on any atom is 0.269 e. The number of guanidine groups is 1. The number of carbonyl (C=O) groups excluding carboxylic acids is 1. The highest BCUT2D eigenvalue weighted by molar-refractivity contribution is 6.05. The zero-order valence-corrected chi connectivity index (χ0v) is 14.6. The van der Waals surface area contributed by atoms with E-state index in [2.05, 4.69) is 15.5 Å². The number of nitrogens with one attached hydrogen (secondary N) is 1. The summed E-state index contributed by atoms with van der Waals surface area (Å²) in [6.07, 6.45) is 0. The first-order chi connectivity index (χ1) is 11.9. The molecule has 2 rings (SSSR count). The van der Waals surface area contributed by atoms with Crippen LogP contribution < -0.4 is 16.8 Å². The van der Waals surface area contributed by atoms with E-state index in [1.165, 1.54) is 24.3 Å². The lowest BCUT2D eigenvalue weighted by molar-refractivity contribution is -0.384. The van der Waals surface area contributed by atoms with E-state index in [4.69, 9.17) is 11.5 Å². The van der Waals surface area contributed by atoms with Crippen molar-refractivity contribution in [3.63, 3.8) is 0 Å². The molecule has 26 heavy (non-hydrogen) atoms. The van der Waals surface area contributed by atoms with E-state index in [1.54, 1.807) is 31.2 Å². The van der Waals surface area contributed by atoms with Crippen molar-refractivity contribution in [3.05, 3.63) is 69.8 Å². The zero-order chi connectivity index (χ0) is 18.4. The molecule has 0 spiro atoms. The van der Waals surface area contributed by atoms with Gasteiger partial charge in [-0.1, -0.05) is 12.1 Å². The molecular weight excluding hydrogens is 360 g/mol. The minimum atomic E-state index is -0.521. The van der Waals surface area contributed by atoms with Gasteiger partial charge in [0.2, 0.25) is 5.96 Å². The molecule has 136 valence electrons. The average Bonchev–Trinajstić information content (AvgIpc) is 2.60.